The van der Waals surface area contributed by atoms with Crippen LogP contribution in [0.1, 0.15) is 12.6 Å². The largest absolute Gasteiger partial charge is 0.394 e. The first kappa shape index (κ1) is 20.7. The predicted octanol–water partition coefficient (Wildman–Crippen LogP) is 0.153. The van der Waals surface area contributed by atoms with Gasteiger partial charge in [-0.2, -0.15) is 4.98 Å². The minimum Gasteiger partial charge on any atom is -0.394 e. The second-order valence-corrected chi connectivity index (χ2v) is 6.89. The molecule has 1 fully saturated rings. The number of nitrogens with one attached hydrogen (secondary N) is 1. The van der Waals surface area contributed by atoms with Gasteiger partial charge in [0.25, 0.3) is 0 Å². The fourth-order valence-electron chi connectivity index (χ4n) is 3.15. The molecule has 2 heterocycles. The quantitative estimate of drug-likeness (QED) is 0.404. The topological polar surface area (TPSA) is 154 Å². The zero-order valence-electron chi connectivity index (χ0n) is 15.2. The number of ether oxygens (including phenoxy) is 1. The minimum absolute atomic E-state index is 0.0782. The summed E-state index contributed by atoms with van der Waals surface area (Å²) in [5, 5.41) is 42.5. The Kier molecular flexibility index (Phi) is 6.33. The van der Waals surface area contributed by atoms with E-state index in [-0.39, 0.29) is 11.8 Å². The number of aromatic nitrogens is 2. The highest BCUT2D eigenvalue weighted by Crippen LogP contribution is 2.34. The van der Waals surface area contributed by atoms with Crippen LogP contribution < -0.4 is 11.1 Å². The molecule has 3 rings (SSSR count). The zero-order valence-corrected chi connectivity index (χ0v) is 15.9. The molecule has 0 aliphatic carbocycles. The van der Waals surface area contributed by atoms with Crippen LogP contribution in [0.3, 0.4) is 0 Å². The van der Waals surface area contributed by atoms with Crippen LogP contribution >= 0.6 is 11.6 Å². The van der Waals surface area contributed by atoms with Crippen molar-refractivity contribution in [3.63, 3.8) is 0 Å². The van der Waals surface area contributed by atoms with E-state index in [0.29, 0.717) is 28.3 Å². The molecule has 1 aromatic carbocycles. The van der Waals surface area contributed by atoms with Crippen LogP contribution in [-0.4, -0.2) is 67.6 Å². The number of aryl methyl sites for hydroxylation is 1. The standard InChI is InChI=1S/C18H23ClN4O5/c1-2-10-12(8-5-3-4-6-9(8)19)16(20)22-18(21-10)23-17-15(27)14(26)13(25)11(7-24)28-17/h3-6,11,13-15,17,24-27H,2,7H2,1H3,(H3,20,21,22,23)/t11-,13+,14+,15-,17-/m1/s1. The monoisotopic (exact) mass is 410 g/mol. The van der Waals surface area contributed by atoms with Crippen molar-refractivity contribution in [2.75, 3.05) is 17.7 Å². The molecular weight excluding hydrogens is 388 g/mol. The molecule has 28 heavy (non-hydrogen) atoms. The van der Waals surface area contributed by atoms with E-state index in [1.54, 1.807) is 6.07 Å². The lowest BCUT2D eigenvalue weighted by atomic mass is 9.98. The summed E-state index contributed by atoms with van der Waals surface area (Å²) in [4.78, 5) is 8.66. The fourth-order valence-corrected chi connectivity index (χ4v) is 3.38. The minimum atomic E-state index is -1.51. The summed E-state index contributed by atoms with van der Waals surface area (Å²) < 4.78 is 5.42. The lowest BCUT2D eigenvalue weighted by Gasteiger charge is -2.40. The maximum absolute atomic E-state index is 10.2. The van der Waals surface area contributed by atoms with Gasteiger partial charge in [-0.25, -0.2) is 4.98 Å². The van der Waals surface area contributed by atoms with E-state index in [9.17, 15) is 20.4 Å². The van der Waals surface area contributed by atoms with Crippen LogP contribution in [0, 0.1) is 0 Å². The summed E-state index contributed by atoms with van der Waals surface area (Å²) in [6.07, 6.45) is -6.06. The van der Waals surface area contributed by atoms with Crippen molar-refractivity contribution in [2.24, 2.45) is 0 Å². The summed E-state index contributed by atoms with van der Waals surface area (Å²) >= 11 is 6.28. The summed E-state index contributed by atoms with van der Waals surface area (Å²) in [7, 11) is 0. The number of nitrogens with zero attached hydrogens (tertiary/aromatic N) is 2. The van der Waals surface area contributed by atoms with Crippen LogP contribution in [0.15, 0.2) is 24.3 Å². The van der Waals surface area contributed by atoms with Gasteiger partial charge in [0.2, 0.25) is 5.95 Å². The van der Waals surface area contributed by atoms with Gasteiger partial charge in [0.15, 0.2) is 6.23 Å². The van der Waals surface area contributed by atoms with Gasteiger partial charge in [-0.15, -0.1) is 0 Å². The van der Waals surface area contributed by atoms with E-state index < -0.39 is 37.3 Å². The van der Waals surface area contributed by atoms with Gasteiger partial charge in [-0.1, -0.05) is 36.7 Å². The molecule has 0 saturated carbocycles. The first-order valence-electron chi connectivity index (χ1n) is 8.85. The zero-order chi connectivity index (χ0) is 20.4. The summed E-state index contributed by atoms with van der Waals surface area (Å²) in [6.45, 7) is 1.37. The van der Waals surface area contributed by atoms with Gasteiger partial charge >= 0.3 is 0 Å². The van der Waals surface area contributed by atoms with Gasteiger partial charge in [0, 0.05) is 16.1 Å². The SMILES string of the molecule is CCc1nc(N[C@@H]2O[C@H](CO)[C@H](O)[C@H](O)[C@H]2O)nc(N)c1-c1ccccc1Cl. The van der Waals surface area contributed by atoms with Crippen molar-refractivity contribution in [1.82, 2.24) is 9.97 Å². The number of halogens is 1. The molecular formula is C18H23ClN4O5. The first-order chi connectivity index (χ1) is 13.4. The van der Waals surface area contributed by atoms with Crippen LogP contribution in [0.25, 0.3) is 11.1 Å². The molecule has 0 unspecified atom stereocenters. The highest BCUT2D eigenvalue weighted by atomic mass is 35.5. The molecule has 152 valence electrons. The maximum Gasteiger partial charge on any atom is 0.226 e. The van der Waals surface area contributed by atoms with Crippen molar-refractivity contribution in [2.45, 2.75) is 44.0 Å². The summed E-state index contributed by atoms with van der Waals surface area (Å²) in [6, 6.07) is 7.21. The lowest BCUT2D eigenvalue weighted by Crippen LogP contribution is -2.60. The van der Waals surface area contributed by atoms with Gasteiger partial charge in [-0.3, -0.25) is 0 Å². The van der Waals surface area contributed by atoms with Crippen molar-refractivity contribution in [3.8, 4) is 11.1 Å². The molecule has 9 nitrogen and oxygen atoms in total. The van der Waals surface area contributed by atoms with E-state index in [1.807, 2.05) is 25.1 Å². The molecule has 7 N–H and O–H groups in total. The summed E-state index contributed by atoms with van der Waals surface area (Å²) in [5.41, 5.74) is 8.12. The Morgan fingerprint density at radius 3 is 2.50 bits per heavy atom. The van der Waals surface area contributed by atoms with Crippen LogP contribution in [0.2, 0.25) is 5.02 Å². The highest BCUT2D eigenvalue weighted by Gasteiger charge is 2.43. The van der Waals surface area contributed by atoms with Crippen molar-refractivity contribution < 1.29 is 25.2 Å². The van der Waals surface area contributed by atoms with Gasteiger partial charge < -0.3 is 36.2 Å². The van der Waals surface area contributed by atoms with E-state index >= 15 is 0 Å². The third-order valence-electron chi connectivity index (χ3n) is 4.65. The number of nitrogen functional groups attached to an aromatic ring is 1. The average Bonchev–Trinajstić information content (AvgIpc) is 2.68. The Balaban J connectivity index is 1.92. The molecule has 1 aromatic heterocycles. The van der Waals surface area contributed by atoms with E-state index in [2.05, 4.69) is 15.3 Å². The van der Waals surface area contributed by atoms with Gasteiger partial charge in [0.05, 0.1) is 12.3 Å². The predicted molar refractivity (Wildman–Crippen MR) is 104 cm³/mol. The number of aliphatic hydroxyl groups excluding tert-OH is 4. The fraction of sp³-hybridized carbons (Fsp3) is 0.444. The van der Waals surface area contributed by atoms with E-state index in [0.717, 1.165) is 0 Å². The Morgan fingerprint density at radius 1 is 1.14 bits per heavy atom. The number of anilines is 2. The molecule has 1 saturated heterocycles. The molecule has 1 aliphatic heterocycles. The van der Waals surface area contributed by atoms with Gasteiger partial charge in [0.1, 0.15) is 30.2 Å². The Bertz CT molecular complexity index is 838. The molecule has 0 amide bonds. The lowest BCUT2D eigenvalue weighted by molar-refractivity contribution is -0.221. The molecule has 1 aliphatic rings. The maximum atomic E-state index is 10.2. The smallest absolute Gasteiger partial charge is 0.226 e. The van der Waals surface area contributed by atoms with Crippen LogP contribution in [0.4, 0.5) is 11.8 Å². The van der Waals surface area contributed by atoms with Crippen molar-refractivity contribution in [1.29, 1.82) is 0 Å². The third-order valence-corrected chi connectivity index (χ3v) is 4.98. The van der Waals surface area contributed by atoms with Crippen molar-refractivity contribution in [3.05, 3.63) is 35.0 Å². The Hall–Kier alpha value is -2.01. The summed E-state index contributed by atoms with van der Waals surface area (Å²) in [5.74, 6) is 0.265. The first-order valence-corrected chi connectivity index (χ1v) is 9.23. The van der Waals surface area contributed by atoms with Gasteiger partial charge in [-0.05, 0) is 12.5 Å². The normalized spacial score (nSPS) is 27.6. The second-order valence-electron chi connectivity index (χ2n) is 6.48. The van der Waals surface area contributed by atoms with Crippen LogP contribution in [-0.2, 0) is 11.2 Å². The van der Waals surface area contributed by atoms with E-state index in [4.69, 9.17) is 22.1 Å². The molecule has 2 aromatic rings. The molecule has 10 heteroatoms. The Morgan fingerprint density at radius 2 is 1.86 bits per heavy atom. The number of aliphatic hydroxyl groups is 4. The average molecular weight is 411 g/mol. The van der Waals surface area contributed by atoms with Crippen molar-refractivity contribution >= 4 is 23.4 Å². The van der Waals surface area contributed by atoms with Crippen LogP contribution in [0.5, 0.6) is 0 Å². The number of hydrogen-bond acceptors (Lipinski definition) is 9. The Labute approximate surface area is 166 Å². The molecule has 0 spiro atoms. The second kappa shape index (κ2) is 8.56. The number of nitrogens with two attached hydrogens (primary N) is 1. The number of rotatable bonds is 5. The highest BCUT2D eigenvalue weighted by molar-refractivity contribution is 6.33. The number of hydrogen-bond donors (Lipinski definition) is 6. The molecule has 5 atom stereocenters. The molecule has 0 radical (unpaired) electrons. The molecule has 0 bridgehead atoms. The number of benzene rings is 1. The third kappa shape index (κ3) is 3.90. The van der Waals surface area contributed by atoms with E-state index in [1.165, 1.54) is 0 Å².